The van der Waals surface area contributed by atoms with Crippen molar-refractivity contribution in [1.29, 1.82) is 0 Å². The average Bonchev–Trinajstić information content (AvgIpc) is 3.00. The van der Waals surface area contributed by atoms with Gasteiger partial charge in [-0.25, -0.2) is 0 Å². The van der Waals surface area contributed by atoms with Gasteiger partial charge in [-0.05, 0) is 34.1 Å². The van der Waals surface area contributed by atoms with Gasteiger partial charge in [0.15, 0.2) is 5.96 Å². The van der Waals surface area contributed by atoms with E-state index in [1.54, 1.807) is 32.6 Å². The second-order valence-electron chi connectivity index (χ2n) is 4.69. The van der Waals surface area contributed by atoms with Gasteiger partial charge in [0.1, 0.15) is 11.5 Å². The van der Waals surface area contributed by atoms with Gasteiger partial charge in [-0.1, -0.05) is 0 Å². The molecule has 2 rings (SSSR count). The van der Waals surface area contributed by atoms with Crippen molar-refractivity contribution in [3.63, 3.8) is 0 Å². The van der Waals surface area contributed by atoms with Crippen molar-refractivity contribution < 1.29 is 9.47 Å². The first-order valence-corrected chi connectivity index (χ1v) is 8.72. The lowest BCUT2D eigenvalue weighted by molar-refractivity contribution is 0.390. The summed E-state index contributed by atoms with van der Waals surface area (Å²) >= 11 is 5.16. The fraction of sp³-hybridized carbons (Fsp3) is 0.312. The Morgan fingerprint density at radius 3 is 2.57 bits per heavy atom. The van der Waals surface area contributed by atoms with E-state index in [2.05, 4.69) is 43.0 Å². The van der Waals surface area contributed by atoms with E-state index in [0.29, 0.717) is 6.54 Å². The number of guanidine groups is 1. The van der Waals surface area contributed by atoms with Gasteiger partial charge in [-0.2, -0.15) is 0 Å². The van der Waals surface area contributed by atoms with Crippen LogP contribution in [0.1, 0.15) is 10.4 Å². The summed E-state index contributed by atoms with van der Waals surface area (Å²) in [7, 11) is 5.05. The fourth-order valence-electron chi connectivity index (χ4n) is 2.01. The summed E-state index contributed by atoms with van der Waals surface area (Å²) in [5.41, 5.74) is 1.04. The fourth-order valence-corrected chi connectivity index (χ4v) is 3.41. The number of methoxy groups -OCH3 is 2. The van der Waals surface area contributed by atoms with Crippen molar-refractivity contribution in [3.8, 4) is 11.5 Å². The molecule has 7 heteroatoms. The van der Waals surface area contributed by atoms with Gasteiger partial charge in [0, 0.05) is 40.0 Å². The van der Waals surface area contributed by atoms with Gasteiger partial charge in [0.25, 0.3) is 0 Å². The maximum Gasteiger partial charge on any atom is 0.191 e. The topological polar surface area (TPSA) is 54.9 Å². The number of aliphatic imine (C=N–C) groups is 1. The minimum atomic E-state index is 0.612. The van der Waals surface area contributed by atoms with E-state index in [4.69, 9.17) is 9.47 Å². The molecule has 0 unspecified atom stereocenters. The number of nitrogens with one attached hydrogen (secondary N) is 2. The zero-order chi connectivity index (χ0) is 16.7. The molecule has 2 aromatic rings. The van der Waals surface area contributed by atoms with Crippen LogP contribution in [-0.2, 0) is 13.1 Å². The zero-order valence-electron chi connectivity index (χ0n) is 13.4. The molecule has 0 aliphatic heterocycles. The summed E-state index contributed by atoms with van der Waals surface area (Å²) in [5.74, 6) is 2.30. The third-order valence-corrected chi connectivity index (χ3v) is 4.91. The molecule has 0 radical (unpaired) electrons. The van der Waals surface area contributed by atoms with Gasteiger partial charge < -0.3 is 20.1 Å². The quantitative estimate of drug-likeness (QED) is 0.579. The molecule has 0 bridgehead atoms. The highest BCUT2D eigenvalue weighted by molar-refractivity contribution is 9.10. The van der Waals surface area contributed by atoms with Gasteiger partial charge >= 0.3 is 0 Å². The van der Waals surface area contributed by atoms with Crippen LogP contribution in [0.25, 0.3) is 0 Å². The predicted octanol–water partition coefficient (Wildman–Crippen LogP) is 3.39. The molecule has 2 N–H and O–H groups in total. The van der Waals surface area contributed by atoms with Crippen LogP contribution in [0, 0.1) is 0 Å². The summed E-state index contributed by atoms with van der Waals surface area (Å²) in [4.78, 5) is 5.47. The van der Waals surface area contributed by atoms with E-state index in [0.717, 1.165) is 34.0 Å². The first-order chi connectivity index (χ1) is 11.2. The van der Waals surface area contributed by atoms with Crippen molar-refractivity contribution in [2.24, 2.45) is 4.99 Å². The van der Waals surface area contributed by atoms with Crippen LogP contribution in [-0.4, -0.2) is 27.2 Å². The smallest absolute Gasteiger partial charge is 0.191 e. The van der Waals surface area contributed by atoms with Crippen molar-refractivity contribution in [1.82, 2.24) is 10.6 Å². The summed E-state index contributed by atoms with van der Waals surface area (Å²) in [6.07, 6.45) is 0. The Kier molecular flexibility index (Phi) is 6.73. The monoisotopic (exact) mass is 397 g/mol. The Balaban J connectivity index is 1.92. The lowest BCUT2D eigenvalue weighted by Gasteiger charge is -2.14. The van der Waals surface area contributed by atoms with Crippen LogP contribution in [0.3, 0.4) is 0 Å². The summed E-state index contributed by atoms with van der Waals surface area (Å²) in [6.45, 7) is 1.34. The van der Waals surface area contributed by atoms with Crippen LogP contribution < -0.4 is 20.1 Å². The maximum atomic E-state index is 5.40. The SMILES string of the molecule is CN=C(NCc1cc(Br)cs1)NCc1ccc(OC)cc1OC. The van der Waals surface area contributed by atoms with Crippen molar-refractivity contribution in [2.45, 2.75) is 13.1 Å². The minimum Gasteiger partial charge on any atom is -0.497 e. The number of halogens is 1. The molecule has 1 heterocycles. The second-order valence-corrected chi connectivity index (χ2v) is 6.60. The number of benzene rings is 1. The van der Waals surface area contributed by atoms with Gasteiger partial charge in [-0.15, -0.1) is 11.3 Å². The molecule has 1 aromatic carbocycles. The summed E-state index contributed by atoms with van der Waals surface area (Å²) in [6, 6.07) is 7.86. The summed E-state index contributed by atoms with van der Waals surface area (Å²) < 4.78 is 11.7. The number of hydrogen-bond donors (Lipinski definition) is 2. The van der Waals surface area contributed by atoms with Crippen LogP contribution in [0.4, 0.5) is 0 Å². The molecule has 5 nitrogen and oxygen atoms in total. The molecule has 0 spiro atoms. The highest BCUT2D eigenvalue weighted by Crippen LogP contribution is 2.24. The molecule has 0 amide bonds. The van der Waals surface area contributed by atoms with Crippen molar-refractivity contribution >= 4 is 33.2 Å². The molecule has 0 fully saturated rings. The molecule has 124 valence electrons. The minimum absolute atomic E-state index is 0.612. The van der Waals surface area contributed by atoms with Crippen LogP contribution in [0.15, 0.2) is 39.1 Å². The Bertz CT molecular complexity index is 673. The molecule has 0 saturated heterocycles. The van der Waals surface area contributed by atoms with E-state index in [1.165, 1.54) is 4.88 Å². The lowest BCUT2D eigenvalue weighted by Crippen LogP contribution is -2.36. The van der Waals surface area contributed by atoms with Gasteiger partial charge in [0.2, 0.25) is 0 Å². The molecule has 1 aromatic heterocycles. The Hall–Kier alpha value is -1.73. The Labute approximate surface area is 148 Å². The van der Waals surface area contributed by atoms with E-state index in [9.17, 15) is 0 Å². The van der Waals surface area contributed by atoms with Crippen LogP contribution in [0.5, 0.6) is 11.5 Å². The average molecular weight is 398 g/mol. The molecule has 0 atom stereocenters. The predicted molar refractivity (Wildman–Crippen MR) is 98.6 cm³/mol. The Morgan fingerprint density at radius 2 is 1.96 bits per heavy atom. The maximum absolute atomic E-state index is 5.40. The highest BCUT2D eigenvalue weighted by Gasteiger charge is 2.06. The first kappa shape index (κ1) is 17.6. The van der Waals surface area contributed by atoms with E-state index in [1.807, 2.05) is 18.2 Å². The van der Waals surface area contributed by atoms with Crippen molar-refractivity contribution in [3.05, 3.63) is 44.6 Å². The molecule has 0 aliphatic rings. The number of hydrogen-bond acceptors (Lipinski definition) is 4. The van der Waals surface area contributed by atoms with E-state index < -0.39 is 0 Å². The molecule has 0 aliphatic carbocycles. The third-order valence-electron chi connectivity index (χ3n) is 3.22. The number of nitrogens with zero attached hydrogens (tertiary/aromatic N) is 1. The Morgan fingerprint density at radius 1 is 1.17 bits per heavy atom. The third kappa shape index (κ3) is 5.14. The molecular weight excluding hydrogens is 378 g/mol. The van der Waals surface area contributed by atoms with E-state index in [-0.39, 0.29) is 0 Å². The number of thiophene rings is 1. The van der Waals surface area contributed by atoms with Crippen LogP contribution in [0.2, 0.25) is 0 Å². The summed E-state index contributed by atoms with van der Waals surface area (Å²) in [5, 5.41) is 8.64. The normalized spacial score (nSPS) is 11.2. The zero-order valence-corrected chi connectivity index (χ0v) is 15.8. The van der Waals surface area contributed by atoms with Gasteiger partial charge in [0.05, 0.1) is 20.8 Å². The highest BCUT2D eigenvalue weighted by atomic mass is 79.9. The van der Waals surface area contributed by atoms with Gasteiger partial charge in [-0.3, -0.25) is 4.99 Å². The number of ether oxygens (including phenoxy) is 2. The van der Waals surface area contributed by atoms with E-state index >= 15 is 0 Å². The first-order valence-electron chi connectivity index (χ1n) is 7.04. The van der Waals surface area contributed by atoms with Crippen molar-refractivity contribution in [2.75, 3.05) is 21.3 Å². The second kappa shape index (κ2) is 8.79. The largest absolute Gasteiger partial charge is 0.497 e. The molecule has 23 heavy (non-hydrogen) atoms. The standard InChI is InChI=1S/C16H20BrN3O2S/c1-18-16(20-9-14-6-12(17)10-23-14)19-8-11-4-5-13(21-2)7-15(11)22-3/h4-7,10H,8-9H2,1-3H3,(H2,18,19,20). The molecular formula is C16H20BrN3O2S. The van der Waals surface area contributed by atoms with Crippen LogP contribution >= 0.6 is 27.3 Å². The lowest BCUT2D eigenvalue weighted by atomic mass is 10.2. The number of rotatable bonds is 6. The molecule has 0 saturated carbocycles.